The Bertz CT molecular complexity index is 1230. The van der Waals surface area contributed by atoms with Gasteiger partial charge in [0.1, 0.15) is 22.8 Å². The number of hydrogen-bond donors (Lipinski definition) is 4. The Morgan fingerprint density at radius 3 is 2.42 bits per heavy atom. The van der Waals surface area contributed by atoms with E-state index in [1.54, 1.807) is 30.3 Å². The molecule has 10 heteroatoms. The highest BCUT2D eigenvalue weighted by atomic mass is 16.7. The molecule has 0 spiro atoms. The molecule has 31 heavy (non-hydrogen) atoms. The molecule has 0 radical (unpaired) electrons. The summed E-state index contributed by atoms with van der Waals surface area (Å²) in [6, 6.07) is 11.1. The van der Waals surface area contributed by atoms with Gasteiger partial charge in [0.2, 0.25) is 12.0 Å². The van der Waals surface area contributed by atoms with Crippen LogP contribution in [0.25, 0.3) is 22.3 Å². The molecule has 4 N–H and O–H groups in total. The fourth-order valence-corrected chi connectivity index (χ4v) is 3.70. The van der Waals surface area contributed by atoms with Crippen LogP contribution < -0.4 is 10.2 Å². The quantitative estimate of drug-likeness (QED) is 0.344. The fourth-order valence-electron chi connectivity index (χ4n) is 3.70. The van der Waals surface area contributed by atoms with Gasteiger partial charge in [0.25, 0.3) is 0 Å². The highest BCUT2D eigenvalue weighted by Gasteiger charge is 2.57. The number of aliphatic hydroxyl groups is 2. The van der Waals surface area contributed by atoms with Crippen molar-refractivity contribution < 1.29 is 43.8 Å². The molecule has 2 aromatic carbocycles. The van der Waals surface area contributed by atoms with Crippen LogP contribution in [-0.2, 0) is 14.3 Å². The van der Waals surface area contributed by atoms with Crippen molar-refractivity contribution in [1.82, 2.24) is 0 Å². The van der Waals surface area contributed by atoms with E-state index in [2.05, 4.69) is 0 Å². The van der Waals surface area contributed by atoms with E-state index in [-0.39, 0.29) is 22.5 Å². The van der Waals surface area contributed by atoms with Gasteiger partial charge in [-0.1, -0.05) is 30.3 Å². The van der Waals surface area contributed by atoms with Gasteiger partial charge in [-0.15, -0.1) is 0 Å². The number of phenols is 2. The lowest BCUT2D eigenvalue weighted by Crippen LogP contribution is -2.55. The Morgan fingerprint density at radius 1 is 0.935 bits per heavy atom. The van der Waals surface area contributed by atoms with E-state index in [0.717, 1.165) is 6.07 Å². The smallest absolute Gasteiger partial charge is 0.338 e. The first-order chi connectivity index (χ1) is 14.8. The largest absolute Gasteiger partial charge is 0.504 e. The topological polar surface area (TPSA) is 156 Å². The van der Waals surface area contributed by atoms with E-state index in [4.69, 9.17) is 18.6 Å². The van der Waals surface area contributed by atoms with E-state index in [9.17, 15) is 30.0 Å². The monoisotopic (exact) mass is 428 g/mol. The number of phenolic OH excluding ortho intramolecular Hbond substituents is 2. The van der Waals surface area contributed by atoms with Gasteiger partial charge in [-0.2, -0.15) is 0 Å². The first-order valence-electron chi connectivity index (χ1n) is 9.32. The Kier molecular flexibility index (Phi) is 4.36. The molecule has 5 rings (SSSR count). The van der Waals surface area contributed by atoms with Gasteiger partial charge in [-0.3, -0.25) is 4.79 Å². The number of fused-ring (bicyclic) bond motifs is 3. The van der Waals surface area contributed by atoms with Gasteiger partial charge in [0, 0.05) is 17.7 Å². The number of esters is 1. The molecule has 2 fully saturated rings. The zero-order chi connectivity index (χ0) is 21.9. The maximum atomic E-state index is 12.5. The summed E-state index contributed by atoms with van der Waals surface area (Å²) in [5.74, 6) is -2.56. The normalized spacial score (nSPS) is 27.3. The summed E-state index contributed by atoms with van der Waals surface area (Å²) in [7, 11) is 0. The molecule has 0 saturated carbocycles. The molecule has 2 unspecified atom stereocenters. The van der Waals surface area contributed by atoms with Gasteiger partial charge in [0.15, 0.2) is 35.2 Å². The Balaban J connectivity index is 1.56. The predicted octanol–water partition coefficient (Wildman–Crippen LogP) is 0.622. The maximum absolute atomic E-state index is 12.5. The fraction of sp³-hybridized carbons (Fsp3) is 0.238. The van der Waals surface area contributed by atoms with E-state index in [1.807, 2.05) is 0 Å². The van der Waals surface area contributed by atoms with Gasteiger partial charge < -0.3 is 39.1 Å². The summed E-state index contributed by atoms with van der Waals surface area (Å²) in [4.78, 5) is 24.2. The predicted molar refractivity (Wildman–Crippen MR) is 102 cm³/mol. The lowest BCUT2D eigenvalue weighted by Gasteiger charge is -2.33. The van der Waals surface area contributed by atoms with Crippen LogP contribution in [-0.4, -0.2) is 57.1 Å². The zero-order valence-electron chi connectivity index (χ0n) is 15.7. The molecule has 5 atom stereocenters. The number of aliphatic hydroxyl groups excluding tert-OH is 2. The number of benzene rings is 2. The van der Waals surface area contributed by atoms with Crippen LogP contribution in [0.1, 0.15) is 0 Å². The van der Waals surface area contributed by atoms with Crippen LogP contribution in [0.3, 0.4) is 0 Å². The van der Waals surface area contributed by atoms with Crippen molar-refractivity contribution in [2.75, 3.05) is 0 Å². The number of carbonyl (C=O) groups excluding carboxylic acids is 1. The average Bonchev–Trinajstić information content (AvgIpc) is 2.96. The molecule has 3 aromatic rings. The van der Waals surface area contributed by atoms with Crippen LogP contribution in [0.2, 0.25) is 0 Å². The van der Waals surface area contributed by atoms with Gasteiger partial charge >= 0.3 is 5.97 Å². The average molecular weight is 428 g/mol. The lowest BCUT2D eigenvalue weighted by atomic mass is 10.0. The van der Waals surface area contributed by atoms with Crippen LogP contribution >= 0.6 is 0 Å². The third-order valence-corrected chi connectivity index (χ3v) is 5.26. The van der Waals surface area contributed by atoms with E-state index >= 15 is 0 Å². The molecule has 3 heterocycles. The molecule has 2 bridgehead atoms. The molecule has 1 aromatic heterocycles. The standard InChI is InChI=1S/C21H16O10/c22-9-6-10(8-4-2-1-3-5-8)28-11-7-12(14(23)15(24)13(9)11)29-21-17(26)18-16(25)19(31-21)20(27)30-18/h1-7,16-19,21,23-26H/t16?,17-,18-,19-,21?/m1/s1. The van der Waals surface area contributed by atoms with Crippen molar-refractivity contribution in [2.45, 2.75) is 30.7 Å². The lowest BCUT2D eigenvalue weighted by molar-refractivity contribution is -0.231. The molecule has 10 nitrogen and oxygen atoms in total. The minimum atomic E-state index is -1.57. The summed E-state index contributed by atoms with van der Waals surface area (Å²) < 4.78 is 21.3. The Morgan fingerprint density at radius 2 is 1.68 bits per heavy atom. The SMILES string of the molecule is O=C1O[C@@H]2C(O)[C@H]1OC(Oc1cc3oc(-c4ccccc4)cc(=O)c3c(O)c1O)[C@@H]2O. The van der Waals surface area contributed by atoms with Gasteiger partial charge in [-0.25, -0.2) is 4.79 Å². The molecule has 2 saturated heterocycles. The second kappa shape index (κ2) is 6.98. The minimum Gasteiger partial charge on any atom is -0.504 e. The van der Waals surface area contributed by atoms with Crippen LogP contribution in [0.4, 0.5) is 0 Å². The highest BCUT2D eigenvalue weighted by Crippen LogP contribution is 2.43. The number of carbonyl (C=O) groups is 1. The first-order valence-corrected chi connectivity index (χ1v) is 9.32. The Labute approximate surface area is 173 Å². The second-order valence-electron chi connectivity index (χ2n) is 7.21. The second-order valence-corrected chi connectivity index (χ2v) is 7.21. The Hall–Kier alpha value is -3.60. The number of hydrogen-bond acceptors (Lipinski definition) is 10. The molecule has 160 valence electrons. The molecular formula is C21H16O10. The summed E-state index contributed by atoms with van der Waals surface area (Å²) >= 11 is 0. The summed E-state index contributed by atoms with van der Waals surface area (Å²) in [5, 5.41) is 40.7. The van der Waals surface area contributed by atoms with Gasteiger partial charge in [0.05, 0.1) is 0 Å². The van der Waals surface area contributed by atoms with Crippen molar-refractivity contribution in [2.24, 2.45) is 0 Å². The summed E-state index contributed by atoms with van der Waals surface area (Å²) in [5.41, 5.74) is -0.0605. The third-order valence-electron chi connectivity index (χ3n) is 5.26. The molecule has 0 amide bonds. The number of aromatic hydroxyl groups is 2. The van der Waals surface area contributed by atoms with Gasteiger partial charge in [-0.05, 0) is 0 Å². The number of ether oxygens (including phenoxy) is 3. The zero-order valence-corrected chi connectivity index (χ0v) is 15.7. The van der Waals surface area contributed by atoms with E-state index in [0.29, 0.717) is 5.56 Å². The maximum Gasteiger partial charge on any atom is 0.338 e. The summed E-state index contributed by atoms with van der Waals surface area (Å²) in [6.45, 7) is 0. The molecule has 0 aliphatic carbocycles. The van der Waals surface area contributed by atoms with E-state index < -0.39 is 53.6 Å². The van der Waals surface area contributed by atoms with Crippen molar-refractivity contribution in [3.63, 3.8) is 0 Å². The van der Waals surface area contributed by atoms with Crippen LogP contribution in [0.5, 0.6) is 17.2 Å². The highest BCUT2D eigenvalue weighted by molar-refractivity contribution is 5.89. The number of rotatable bonds is 3. The minimum absolute atomic E-state index is 0.0858. The molecule has 2 aliphatic rings. The van der Waals surface area contributed by atoms with Crippen molar-refractivity contribution in [3.05, 3.63) is 52.7 Å². The first kappa shape index (κ1) is 19.4. The van der Waals surface area contributed by atoms with Crippen LogP contribution in [0, 0.1) is 0 Å². The van der Waals surface area contributed by atoms with Crippen molar-refractivity contribution >= 4 is 16.9 Å². The van der Waals surface area contributed by atoms with E-state index in [1.165, 1.54) is 6.07 Å². The summed E-state index contributed by atoms with van der Waals surface area (Å²) in [6.07, 6.45) is -7.08. The van der Waals surface area contributed by atoms with Crippen molar-refractivity contribution in [1.29, 1.82) is 0 Å². The molecular weight excluding hydrogens is 412 g/mol. The van der Waals surface area contributed by atoms with Crippen molar-refractivity contribution in [3.8, 4) is 28.6 Å². The molecule has 2 aliphatic heterocycles. The van der Waals surface area contributed by atoms with Crippen LogP contribution in [0.15, 0.2) is 51.7 Å². The third kappa shape index (κ3) is 3.00.